The standard InChI is InChI=1S/C22H19N5O3S/c28-22(26-19-9-11-20(12-10-19)27-16-23-15-24-27)18-7-4-8-21(13-18)31(29,30)25-14-17-5-2-1-3-6-17/h1-13,15-16,25H,14H2,(H,26,28). The third-order valence-corrected chi connectivity index (χ3v) is 5.92. The molecule has 0 saturated carbocycles. The van der Waals surface area contributed by atoms with Gasteiger partial charge in [-0.25, -0.2) is 22.8 Å². The zero-order valence-corrected chi connectivity index (χ0v) is 17.2. The Hall–Kier alpha value is -3.82. The SMILES string of the molecule is O=C(Nc1ccc(-n2cncn2)cc1)c1cccc(S(=O)(=O)NCc2ccccc2)c1. The molecule has 0 aliphatic carbocycles. The lowest BCUT2D eigenvalue weighted by Gasteiger charge is -2.10. The molecule has 0 fully saturated rings. The number of aromatic nitrogens is 3. The molecule has 4 aromatic rings. The third-order valence-electron chi connectivity index (χ3n) is 4.52. The quantitative estimate of drug-likeness (QED) is 0.466. The number of rotatable bonds is 7. The highest BCUT2D eigenvalue weighted by molar-refractivity contribution is 7.89. The number of carbonyl (C=O) groups is 1. The van der Waals surface area contributed by atoms with E-state index in [2.05, 4.69) is 20.1 Å². The molecule has 8 nitrogen and oxygen atoms in total. The fourth-order valence-electron chi connectivity index (χ4n) is 2.90. The van der Waals surface area contributed by atoms with Gasteiger partial charge in [-0.2, -0.15) is 5.10 Å². The lowest BCUT2D eigenvalue weighted by molar-refractivity contribution is 0.102. The van der Waals surface area contributed by atoms with E-state index in [1.54, 1.807) is 47.4 Å². The van der Waals surface area contributed by atoms with Crippen LogP contribution in [-0.4, -0.2) is 29.1 Å². The smallest absolute Gasteiger partial charge is 0.255 e. The largest absolute Gasteiger partial charge is 0.322 e. The number of amides is 1. The highest BCUT2D eigenvalue weighted by Gasteiger charge is 2.16. The second-order valence-corrected chi connectivity index (χ2v) is 8.45. The van der Waals surface area contributed by atoms with Gasteiger partial charge in [-0.3, -0.25) is 4.79 Å². The van der Waals surface area contributed by atoms with Gasteiger partial charge in [0, 0.05) is 17.8 Å². The summed E-state index contributed by atoms with van der Waals surface area (Å²) in [5, 5.41) is 6.81. The van der Waals surface area contributed by atoms with Crippen LogP contribution in [0.25, 0.3) is 5.69 Å². The van der Waals surface area contributed by atoms with Gasteiger partial charge in [-0.15, -0.1) is 0 Å². The van der Waals surface area contributed by atoms with Crippen LogP contribution in [0.5, 0.6) is 0 Å². The van der Waals surface area contributed by atoms with E-state index in [1.807, 2.05) is 30.3 Å². The van der Waals surface area contributed by atoms with Crippen LogP contribution in [-0.2, 0) is 16.6 Å². The maximum absolute atomic E-state index is 12.6. The van der Waals surface area contributed by atoms with Crippen molar-refractivity contribution in [2.45, 2.75) is 11.4 Å². The second-order valence-electron chi connectivity index (χ2n) is 6.68. The molecule has 156 valence electrons. The first kappa shape index (κ1) is 20.5. The van der Waals surface area contributed by atoms with Gasteiger partial charge in [0.25, 0.3) is 5.91 Å². The summed E-state index contributed by atoms with van der Waals surface area (Å²) in [6.07, 6.45) is 3.01. The predicted octanol–water partition coefficient (Wildman–Crippen LogP) is 3.00. The lowest BCUT2D eigenvalue weighted by Crippen LogP contribution is -2.23. The Balaban J connectivity index is 1.45. The number of hydrogen-bond acceptors (Lipinski definition) is 5. The number of hydrogen-bond donors (Lipinski definition) is 2. The summed E-state index contributed by atoms with van der Waals surface area (Å²) >= 11 is 0. The summed E-state index contributed by atoms with van der Waals surface area (Å²) in [5.74, 6) is -0.409. The maximum Gasteiger partial charge on any atom is 0.255 e. The van der Waals surface area contributed by atoms with E-state index in [0.717, 1.165) is 11.3 Å². The van der Waals surface area contributed by atoms with Crippen molar-refractivity contribution in [2.75, 3.05) is 5.32 Å². The normalized spacial score (nSPS) is 11.2. The first-order chi connectivity index (χ1) is 15.0. The zero-order valence-electron chi connectivity index (χ0n) is 16.3. The predicted molar refractivity (Wildman–Crippen MR) is 116 cm³/mol. The van der Waals surface area contributed by atoms with E-state index in [1.165, 1.54) is 18.5 Å². The molecular formula is C22H19N5O3S. The van der Waals surface area contributed by atoms with Gasteiger partial charge >= 0.3 is 0 Å². The Labute approximate surface area is 179 Å². The molecule has 0 radical (unpaired) electrons. The average Bonchev–Trinajstić information content (AvgIpc) is 3.34. The van der Waals surface area contributed by atoms with Gasteiger partial charge in [-0.1, -0.05) is 36.4 Å². The van der Waals surface area contributed by atoms with Crippen LogP contribution in [0.15, 0.2) is 96.4 Å². The minimum absolute atomic E-state index is 0.0256. The molecule has 0 spiro atoms. The zero-order chi connectivity index (χ0) is 21.7. The Morgan fingerprint density at radius 3 is 2.42 bits per heavy atom. The van der Waals surface area contributed by atoms with Crippen LogP contribution in [0.3, 0.4) is 0 Å². The van der Waals surface area contributed by atoms with Crippen molar-refractivity contribution in [3.63, 3.8) is 0 Å². The topological polar surface area (TPSA) is 106 Å². The molecule has 31 heavy (non-hydrogen) atoms. The fraction of sp³-hybridized carbons (Fsp3) is 0.0455. The van der Waals surface area contributed by atoms with E-state index in [9.17, 15) is 13.2 Å². The van der Waals surface area contributed by atoms with Crippen molar-refractivity contribution < 1.29 is 13.2 Å². The highest BCUT2D eigenvalue weighted by atomic mass is 32.2. The van der Waals surface area contributed by atoms with E-state index < -0.39 is 15.9 Å². The van der Waals surface area contributed by atoms with Crippen molar-refractivity contribution in [1.82, 2.24) is 19.5 Å². The van der Waals surface area contributed by atoms with Gasteiger partial charge in [0.05, 0.1) is 10.6 Å². The van der Waals surface area contributed by atoms with Gasteiger partial charge in [0.15, 0.2) is 0 Å². The molecule has 0 aliphatic heterocycles. The summed E-state index contributed by atoms with van der Waals surface area (Å²) in [6.45, 7) is 0.164. The van der Waals surface area contributed by atoms with Gasteiger partial charge in [-0.05, 0) is 48.0 Å². The van der Waals surface area contributed by atoms with Gasteiger partial charge < -0.3 is 5.32 Å². The summed E-state index contributed by atoms with van der Waals surface area (Å²) in [7, 11) is -3.76. The monoisotopic (exact) mass is 433 g/mol. The highest BCUT2D eigenvalue weighted by Crippen LogP contribution is 2.16. The van der Waals surface area contributed by atoms with Crippen molar-refractivity contribution >= 4 is 21.6 Å². The van der Waals surface area contributed by atoms with Gasteiger partial charge in [0.2, 0.25) is 10.0 Å². The molecule has 2 N–H and O–H groups in total. The van der Waals surface area contributed by atoms with Crippen LogP contribution in [0.2, 0.25) is 0 Å². The number of nitrogens with zero attached hydrogens (tertiary/aromatic N) is 3. The van der Waals surface area contributed by atoms with Crippen molar-refractivity contribution in [2.24, 2.45) is 0 Å². The first-order valence-corrected chi connectivity index (χ1v) is 10.9. The molecule has 0 saturated heterocycles. The molecule has 1 amide bonds. The van der Waals surface area contributed by atoms with Crippen LogP contribution in [0, 0.1) is 0 Å². The van der Waals surface area contributed by atoms with Crippen molar-refractivity contribution in [3.8, 4) is 5.69 Å². The number of anilines is 1. The second kappa shape index (κ2) is 8.90. The molecule has 0 bridgehead atoms. The van der Waals surface area contributed by atoms with Gasteiger partial charge in [0.1, 0.15) is 12.7 Å². The molecule has 0 unspecified atom stereocenters. The van der Waals surface area contributed by atoms with Crippen LogP contribution in [0.4, 0.5) is 5.69 Å². The number of nitrogens with one attached hydrogen (secondary N) is 2. The summed E-state index contributed by atoms with van der Waals surface area (Å²) in [5.41, 5.74) is 2.45. The summed E-state index contributed by atoms with van der Waals surface area (Å²) < 4.78 is 29.4. The van der Waals surface area contributed by atoms with Crippen molar-refractivity contribution in [3.05, 3.63) is 103 Å². The molecule has 1 heterocycles. The maximum atomic E-state index is 12.6. The number of carbonyl (C=O) groups excluding carboxylic acids is 1. The molecule has 4 rings (SSSR count). The number of sulfonamides is 1. The van der Waals surface area contributed by atoms with E-state index in [-0.39, 0.29) is 17.0 Å². The van der Waals surface area contributed by atoms with E-state index in [0.29, 0.717) is 5.69 Å². The molecule has 9 heteroatoms. The molecule has 0 atom stereocenters. The average molecular weight is 433 g/mol. The first-order valence-electron chi connectivity index (χ1n) is 9.41. The molecule has 1 aromatic heterocycles. The summed E-state index contributed by atoms with van der Waals surface area (Å²) in [6, 6.07) is 22.2. The number of benzene rings is 3. The Kier molecular flexibility index (Phi) is 5.87. The van der Waals surface area contributed by atoms with Crippen LogP contribution in [0.1, 0.15) is 15.9 Å². The summed E-state index contributed by atoms with van der Waals surface area (Å²) in [4.78, 5) is 16.6. The third kappa shape index (κ3) is 5.03. The Morgan fingerprint density at radius 1 is 0.935 bits per heavy atom. The van der Waals surface area contributed by atoms with Crippen molar-refractivity contribution in [1.29, 1.82) is 0 Å². The molecule has 0 aliphatic rings. The van der Waals surface area contributed by atoms with Crippen LogP contribution < -0.4 is 10.0 Å². The lowest BCUT2D eigenvalue weighted by atomic mass is 10.2. The van der Waals surface area contributed by atoms with E-state index in [4.69, 9.17) is 0 Å². The minimum atomic E-state index is -3.76. The molecule has 3 aromatic carbocycles. The van der Waals surface area contributed by atoms with Crippen LogP contribution >= 0.6 is 0 Å². The fourth-order valence-corrected chi connectivity index (χ4v) is 3.97. The Bertz CT molecular complexity index is 1270. The molecular weight excluding hydrogens is 414 g/mol. The van der Waals surface area contributed by atoms with E-state index >= 15 is 0 Å². The Morgan fingerprint density at radius 2 is 1.71 bits per heavy atom. The minimum Gasteiger partial charge on any atom is -0.322 e.